The average molecular weight is 504 g/mol. The van der Waals surface area contributed by atoms with Crippen LogP contribution in [0.1, 0.15) is 23.5 Å². The molecule has 4 N–H and O–H groups in total. The molecule has 3 aromatic carbocycles. The summed E-state index contributed by atoms with van der Waals surface area (Å²) < 4.78 is 23.7. The summed E-state index contributed by atoms with van der Waals surface area (Å²) in [7, 11) is 0. The van der Waals surface area contributed by atoms with Gasteiger partial charge in [0.05, 0.1) is 23.1 Å². The molecule has 2 fully saturated rings. The molecule has 0 bridgehead atoms. The van der Waals surface area contributed by atoms with Gasteiger partial charge in [0.15, 0.2) is 6.29 Å². The van der Waals surface area contributed by atoms with Gasteiger partial charge in [0.1, 0.15) is 53.9 Å². The zero-order chi connectivity index (χ0) is 25.7. The molecule has 0 aliphatic carbocycles. The maximum atomic E-state index is 13.3. The van der Waals surface area contributed by atoms with Crippen molar-refractivity contribution in [3.8, 4) is 22.6 Å². The van der Waals surface area contributed by atoms with Gasteiger partial charge in [-0.25, -0.2) is 0 Å². The molecule has 0 spiro atoms. The van der Waals surface area contributed by atoms with Gasteiger partial charge in [-0.2, -0.15) is 0 Å². The number of rotatable bonds is 3. The predicted molar refractivity (Wildman–Crippen MR) is 131 cm³/mol. The second-order valence-corrected chi connectivity index (χ2v) is 9.15. The summed E-state index contributed by atoms with van der Waals surface area (Å²) in [5.74, 6) is -0.199. The monoisotopic (exact) mass is 504 g/mol. The molecule has 190 valence electrons. The Morgan fingerprint density at radius 1 is 0.838 bits per heavy atom. The van der Waals surface area contributed by atoms with Gasteiger partial charge in [-0.05, 0) is 29.8 Å². The molecule has 2 saturated heterocycles. The van der Waals surface area contributed by atoms with E-state index in [0.29, 0.717) is 5.56 Å². The lowest BCUT2D eigenvalue weighted by molar-refractivity contribution is -0.330. The van der Waals surface area contributed by atoms with Gasteiger partial charge in [-0.3, -0.25) is 4.79 Å². The van der Waals surface area contributed by atoms with Crippen molar-refractivity contribution in [2.24, 2.45) is 0 Å². The van der Waals surface area contributed by atoms with E-state index in [1.165, 1.54) is 30.5 Å². The van der Waals surface area contributed by atoms with Crippen LogP contribution < -0.4 is 5.43 Å². The fourth-order valence-corrected chi connectivity index (χ4v) is 4.96. The third-order valence-corrected chi connectivity index (χ3v) is 6.87. The molecule has 0 radical (unpaired) electrons. The normalized spacial score (nSPS) is 27.6. The molecule has 0 amide bonds. The fraction of sp³-hybridized carbons (Fsp3) is 0.250. The first-order chi connectivity index (χ1) is 17.9. The van der Waals surface area contributed by atoms with Gasteiger partial charge in [-0.1, -0.05) is 42.5 Å². The minimum absolute atomic E-state index is 0.0297. The first kappa shape index (κ1) is 23.7. The Bertz CT molecular complexity index is 1480. The maximum absolute atomic E-state index is 13.3. The lowest BCUT2D eigenvalue weighted by atomic mass is 9.89. The lowest BCUT2D eigenvalue weighted by Crippen LogP contribution is -2.59. The highest BCUT2D eigenvalue weighted by Crippen LogP contribution is 2.43. The first-order valence-corrected chi connectivity index (χ1v) is 11.8. The van der Waals surface area contributed by atoms with Crippen LogP contribution in [0.5, 0.6) is 11.5 Å². The summed E-state index contributed by atoms with van der Waals surface area (Å²) in [4.78, 5) is 13.3. The second kappa shape index (κ2) is 9.29. The Morgan fingerprint density at radius 2 is 1.59 bits per heavy atom. The molecule has 4 aromatic rings. The summed E-state index contributed by atoms with van der Waals surface area (Å²) in [5, 5.41) is 42.5. The Morgan fingerprint density at radius 3 is 2.35 bits per heavy atom. The van der Waals surface area contributed by atoms with Gasteiger partial charge < -0.3 is 39.1 Å². The zero-order valence-electron chi connectivity index (χ0n) is 19.4. The van der Waals surface area contributed by atoms with Gasteiger partial charge >= 0.3 is 0 Å². The minimum Gasteiger partial charge on any atom is -0.508 e. The van der Waals surface area contributed by atoms with E-state index in [4.69, 9.17) is 18.6 Å². The van der Waals surface area contributed by atoms with Crippen molar-refractivity contribution in [3.05, 3.63) is 94.3 Å². The number of aliphatic hydroxyl groups is 2. The number of benzene rings is 3. The number of fused-ring (bicyclic) bond motifs is 2. The van der Waals surface area contributed by atoms with Gasteiger partial charge in [0, 0.05) is 5.56 Å². The summed E-state index contributed by atoms with van der Waals surface area (Å²) in [5.41, 5.74) is 1.27. The number of hydrogen-bond acceptors (Lipinski definition) is 9. The average Bonchev–Trinajstić information content (AvgIpc) is 2.92. The van der Waals surface area contributed by atoms with Gasteiger partial charge in [-0.15, -0.1) is 0 Å². The summed E-state index contributed by atoms with van der Waals surface area (Å²) in [6.45, 7) is 0.0744. The number of hydrogen-bond donors (Lipinski definition) is 4. The molecular weight excluding hydrogens is 480 g/mol. The Balaban J connectivity index is 1.35. The van der Waals surface area contributed by atoms with Crippen molar-refractivity contribution in [1.29, 1.82) is 0 Å². The predicted octanol–water partition coefficient (Wildman–Crippen LogP) is 3.15. The SMILES string of the molecule is O=c1c(-c2ccc(O)cc2)coc2c([C@@H]3O[C@@H]4CO[C@H](c5ccccc5)O[C@H]4[C@H](O)[C@H]3O)c(O)ccc12. The van der Waals surface area contributed by atoms with E-state index in [0.717, 1.165) is 5.56 Å². The third-order valence-electron chi connectivity index (χ3n) is 6.87. The Hall–Kier alpha value is -3.73. The molecule has 9 nitrogen and oxygen atoms in total. The van der Waals surface area contributed by atoms with Crippen molar-refractivity contribution in [3.63, 3.8) is 0 Å². The van der Waals surface area contributed by atoms with Crippen LogP contribution >= 0.6 is 0 Å². The fourth-order valence-electron chi connectivity index (χ4n) is 4.96. The minimum atomic E-state index is -1.49. The summed E-state index contributed by atoms with van der Waals surface area (Å²) in [6, 6.07) is 18.1. The van der Waals surface area contributed by atoms with Crippen molar-refractivity contribution in [2.75, 3.05) is 6.61 Å². The summed E-state index contributed by atoms with van der Waals surface area (Å²) in [6.07, 6.45) is -5.18. The number of phenols is 2. The van der Waals surface area contributed by atoms with Crippen LogP contribution in [-0.2, 0) is 14.2 Å². The van der Waals surface area contributed by atoms with E-state index < -0.39 is 36.8 Å². The van der Waals surface area contributed by atoms with Crippen molar-refractivity contribution >= 4 is 11.0 Å². The van der Waals surface area contributed by atoms with Crippen LogP contribution in [-0.4, -0.2) is 51.4 Å². The van der Waals surface area contributed by atoms with Crippen LogP contribution in [0.4, 0.5) is 0 Å². The van der Waals surface area contributed by atoms with E-state index in [1.54, 1.807) is 12.1 Å². The molecule has 37 heavy (non-hydrogen) atoms. The largest absolute Gasteiger partial charge is 0.508 e. The molecule has 2 aliphatic heterocycles. The molecule has 3 heterocycles. The topological polar surface area (TPSA) is 139 Å². The molecule has 9 heteroatoms. The quantitative estimate of drug-likeness (QED) is 0.331. The highest BCUT2D eigenvalue weighted by molar-refractivity contribution is 5.86. The van der Waals surface area contributed by atoms with E-state index >= 15 is 0 Å². The van der Waals surface area contributed by atoms with Crippen molar-refractivity contribution < 1.29 is 39.1 Å². The second-order valence-electron chi connectivity index (χ2n) is 9.15. The Kier molecular flexibility index (Phi) is 5.94. The molecule has 1 aromatic heterocycles. The van der Waals surface area contributed by atoms with Crippen LogP contribution in [0, 0.1) is 0 Å². The summed E-state index contributed by atoms with van der Waals surface area (Å²) >= 11 is 0. The highest BCUT2D eigenvalue weighted by Gasteiger charge is 2.50. The van der Waals surface area contributed by atoms with Crippen molar-refractivity contribution in [1.82, 2.24) is 0 Å². The van der Waals surface area contributed by atoms with Gasteiger partial charge in [0.25, 0.3) is 0 Å². The van der Waals surface area contributed by atoms with E-state index in [-0.39, 0.29) is 45.6 Å². The number of aliphatic hydroxyl groups excluding tert-OH is 2. The van der Waals surface area contributed by atoms with Crippen LogP contribution in [0.2, 0.25) is 0 Å². The maximum Gasteiger partial charge on any atom is 0.200 e. The van der Waals surface area contributed by atoms with Crippen LogP contribution in [0.25, 0.3) is 22.1 Å². The van der Waals surface area contributed by atoms with E-state index in [9.17, 15) is 25.2 Å². The number of aromatic hydroxyl groups is 2. The molecule has 2 aliphatic rings. The first-order valence-electron chi connectivity index (χ1n) is 11.8. The van der Waals surface area contributed by atoms with Gasteiger partial charge in [0.2, 0.25) is 5.43 Å². The number of ether oxygens (including phenoxy) is 3. The van der Waals surface area contributed by atoms with Crippen LogP contribution in [0.15, 0.2) is 82.2 Å². The number of phenolic OH excluding ortho intramolecular Hbond substituents is 2. The zero-order valence-corrected chi connectivity index (χ0v) is 19.4. The molecule has 0 unspecified atom stereocenters. The van der Waals surface area contributed by atoms with E-state index in [2.05, 4.69) is 0 Å². The van der Waals surface area contributed by atoms with Crippen molar-refractivity contribution in [2.45, 2.75) is 36.8 Å². The molecule has 6 rings (SSSR count). The smallest absolute Gasteiger partial charge is 0.200 e. The molecule has 6 atom stereocenters. The lowest BCUT2D eigenvalue weighted by Gasteiger charge is -2.46. The Labute approximate surface area is 210 Å². The highest BCUT2D eigenvalue weighted by atomic mass is 16.7. The van der Waals surface area contributed by atoms with E-state index in [1.807, 2.05) is 30.3 Å². The molecule has 0 saturated carbocycles. The van der Waals surface area contributed by atoms with Crippen LogP contribution in [0.3, 0.4) is 0 Å². The third kappa shape index (κ3) is 4.07. The molecular formula is C28H24O9. The standard InChI is InChI=1S/C28H24O9/c29-16-8-6-14(7-9-16)18-12-34-25-17(22(18)31)10-11-19(30)21(25)27-24(33)23(32)26-20(36-27)13-35-28(37-26)15-4-2-1-3-5-15/h1-12,20,23-24,26-30,32-33H,13H2/t20-,23-,24-,26-,27+,28+/m1/s1.